The fourth-order valence-electron chi connectivity index (χ4n) is 0.681. The van der Waals surface area contributed by atoms with E-state index in [2.05, 4.69) is 0 Å². The van der Waals surface area contributed by atoms with Crippen LogP contribution in [-0.4, -0.2) is 35.1 Å². The van der Waals surface area contributed by atoms with Gasteiger partial charge in [-0.25, -0.2) is 0 Å². The summed E-state index contributed by atoms with van der Waals surface area (Å²) in [6.07, 6.45) is 0.121. The van der Waals surface area contributed by atoms with E-state index in [0.717, 1.165) is 6.42 Å². The first-order valence-corrected chi connectivity index (χ1v) is 3.97. The molecule has 1 atom stereocenters. The van der Waals surface area contributed by atoms with Gasteiger partial charge >= 0.3 is 0 Å². The first-order valence-electron chi connectivity index (χ1n) is 3.97. The van der Waals surface area contributed by atoms with Gasteiger partial charge in [-0.1, -0.05) is 6.92 Å². The highest BCUT2D eigenvalue weighted by molar-refractivity contribution is 4.77. The van der Waals surface area contributed by atoms with Gasteiger partial charge in [-0.05, 0) is 20.3 Å². The van der Waals surface area contributed by atoms with Gasteiger partial charge in [0.25, 0.3) is 0 Å². The van der Waals surface area contributed by atoms with Crippen molar-refractivity contribution >= 4 is 0 Å². The van der Waals surface area contributed by atoms with Crippen molar-refractivity contribution in [1.29, 1.82) is 0 Å². The molecule has 0 aromatic heterocycles. The van der Waals surface area contributed by atoms with Crippen LogP contribution in [-0.2, 0) is 4.74 Å². The molecule has 2 N–H and O–H groups in total. The van der Waals surface area contributed by atoms with Gasteiger partial charge in [0.1, 0.15) is 6.10 Å². The molecule has 0 bridgehead atoms. The quantitative estimate of drug-likeness (QED) is 0.620. The lowest BCUT2D eigenvalue weighted by Gasteiger charge is -2.29. The lowest BCUT2D eigenvalue weighted by Crippen LogP contribution is -2.41. The molecular weight excluding hydrogens is 144 g/mol. The number of aliphatic hydroxyl groups is 2. The number of aliphatic hydroxyl groups excluding tert-OH is 2. The first kappa shape index (κ1) is 10.9. The van der Waals surface area contributed by atoms with E-state index in [-0.39, 0.29) is 6.61 Å². The average Bonchev–Trinajstić information content (AvgIpc) is 1.99. The molecule has 0 unspecified atom stereocenters. The maximum Gasteiger partial charge on any atom is 0.105 e. The van der Waals surface area contributed by atoms with Crippen molar-refractivity contribution in [3.63, 3.8) is 0 Å². The van der Waals surface area contributed by atoms with E-state index < -0.39 is 11.7 Å². The summed E-state index contributed by atoms with van der Waals surface area (Å²) >= 11 is 0. The molecule has 0 fully saturated rings. The van der Waals surface area contributed by atoms with Gasteiger partial charge in [0.05, 0.1) is 12.2 Å². The number of ether oxygens (including phenoxy) is 1. The third-order valence-corrected chi connectivity index (χ3v) is 1.65. The van der Waals surface area contributed by atoms with Gasteiger partial charge in [0.15, 0.2) is 0 Å². The van der Waals surface area contributed by atoms with E-state index in [4.69, 9.17) is 9.84 Å². The van der Waals surface area contributed by atoms with E-state index in [0.29, 0.717) is 6.61 Å². The molecule has 0 heterocycles. The molecule has 68 valence electrons. The zero-order valence-corrected chi connectivity index (χ0v) is 7.50. The van der Waals surface area contributed by atoms with Gasteiger partial charge in [-0.2, -0.15) is 0 Å². The van der Waals surface area contributed by atoms with Crippen molar-refractivity contribution in [2.24, 2.45) is 0 Å². The van der Waals surface area contributed by atoms with Crippen LogP contribution in [0.4, 0.5) is 0 Å². The maximum absolute atomic E-state index is 9.24. The Morgan fingerprint density at radius 1 is 1.45 bits per heavy atom. The fraction of sp³-hybridized carbons (Fsp3) is 1.00. The monoisotopic (exact) mass is 162 g/mol. The highest BCUT2D eigenvalue weighted by Crippen LogP contribution is 2.14. The van der Waals surface area contributed by atoms with Gasteiger partial charge in [-0.3, -0.25) is 0 Å². The van der Waals surface area contributed by atoms with Crippen LogP contribution in [0.15, 0.2) is 0 Å². The van der Waals surface area contributed by atoms with E-state index in [9.17, 15) is 5.11 Å². The van der Waals surface area contributed by atoms with Crippen molar-refractivity contribution in [2.75, 3.05) is 13.2 Å². The van der Waals surface area contributed by atoms with Crippen molar-refractivity contribution < 1.29 is 14.9 Å². The lowest BCUT2D eigenvalue weighted by atomic mass is 10.0. The van der Waals surface area contributed by atoms with Crippen molar-refractivity contribution in [3.05, 3.63) is 0 Å². The number of rotatable bonds is 5. The first-order chi connectivity index (χ1) is 5.04. The molecule has 0 aliphatic carbocycles. The summed E-state index contributed by atoms with van der Waals surface area (Å²) < 4.78 is 5.32. The van der Waals surface area contributed by atoms with Crippen molar-refractivity contribution in [2.45, 2.75) is 38.9 Å². The van der Waals surface area contributed by atoms with Crippen LogP contribution in [0.25, 0.3) is 0 Å². The van der Waals surface area contributed by atoms with Crippen molar-refractivity contribution in [1.82, 2.24) is 0 Å². The smallest absolute Gasteiger partial charge is 0.105 e. The third-order valence-electron chi connectivity index (χ3n) is 1.65. The van der Waals surface area contributed by atoms with Crippen LogP contribution in [0.2, 0.25) is 0 Å². The third kappa shape index (κ3) is 3.70. The van der Waals surface area contributed by atoms with Crippen LogP contribution in [0, 0.1) is 0 Å². The molecule has 0 aliphatic rings. The second-order valence-electron chi connectivity index (χ2n) is 3.15. The second-order valence-corrected chi connectivity index (χ2v) is 3.15. The summed E-state index contributed by atoms with van der Waals surface area (Å²) in [5.41, 5.74) is -0.634. The molecule has 0 amide bonds. The average molecular weight is 162 g/mol. The van der Waals surface area contributed by atoms with Gasteiger partial charge in [-0.15, -0.1) is 0 Å². The topological polar surface area (TPSA) is 49.7 Å². The molecular formula is C8H18O3. The molecule has 0 saturated carbocycles. The van der Waals surface area contributed by atoms with Crippen LogP contribution < -0.4 is 0 Å². The minimum Gasteiger partial charge on any atom is -0.394 e. The molecule has 11 heavy (non-hydrogen) atoms. The Morgan fingerprint density at radius 2 is 2.00 bits per heavy atom. The van der Waals surface area contributed by atoms with E-state index in [1.807, 2.05) is 6.92 Å². The Labute approximate surface area is 68.0 Å². The van der Waals surface area contributed by atoms with Crippen LogP contribution >= 0.6 is 0 Å². The van der Waals surface area contributed by atoms with E-state index >= 15 is 0 Å². The zero-order chi connectivity index (χ0) is 8.91. The normalized spacial score (nSPS) is 15.0. The standard InChI is InChI=1S/C8H18O3/c1-4-5-11-8(2,3)7(10)6-9/h7,9-10H,4-6H2,1-3H3/t7-/m0/s1. The lowest BCUT2D eigenvalue weighted by molar-refractivity contribution is -0.115. The molecule has 0 aromatic rings. The Hall–Kier alpha value is -0.120. The summed E-state index contributed by atoms with van der Waals surface area (Å²) in [4.78, 5) is 0. The minimum atomic E-state index is -0.797. The minimum absolute atomic E-state index is 0.253. The summed E-state index contributed by atoms with van der Waals surface area (Å²) in [5, 5.41) is 17.9. The fourth-order valence-corrected chi connectivity index (χ4v) is 0.681. The Morgan fingerprint density at radius 3 is 2.36 bits per heavy atom. The molecule has 0 radical (unpaired) electrons. The van der Waals surface area contributed by atoms with Crippen LogP contribution in [0.5, 0.6) is 0 Å². The predicted octanol–water partition coefficient (Wildman–Crippen LogP) is 0.545. The number of hydrogen-bond donors (Lipinski definition) is 2. The molecule has 0 aromatic carbocycles. The molecule has 3 heteroatoms. The Bertz CT molecular complexity index is 102. The largest absolute Gasteiger partial charge is 0.394 e. The summed E-state index contributed by atoms with van der Waals surface area (Å²) in [5.74, 6) is 0. The van der Waals surface area contributed by atoms with E-state index in [1.54, 1.807) is 13.8 Å². The predicted molar refractivity (Wildman–Crippen MR) is 43.4 cm³/mol. The molecule has 0 spiro atoms. The highest BCUT2D eigenvalue weighted by atomic mass is 16.5. The highest BCUT2D eigenvalue weighted by Gasteiger charge is 2.27. The Kier molecular flexibility index (Phi) is 4.65. The Balaban J connectivity index is 3.77. The molecule has 3 nitrogen and oxygen atoms in total. The molecule has 0 saturated heterocycles. The van der Waals surface area contributed by atoms with Crippen molar-refractivity contribution in [3.8, 4) is 0 Å². The SMILES string of the molecule is CCCOC(C)(C)[C@@H](O)CO. The van der Waals surface area contributed by atoms with Crippen LogP contribution in [0.3, 0.4) is 0 Å². The molecule has 0 aliphatic heterocycles. The van der Waals surface area contributed by atoms with Gasteiger partial charge in [0, 0.05) is 6.61 Å². The maximum atomic E-state index is 9.24. The summed E-state index contributed by atoms with van der Waals surface area (Å²) in [7, 11) is 0. The van der Waals surface area contributed by atoms with Gasteiger partial charge in [0.2, 0.25) is 0 Å². The molecule has 0 rings (SSSR count). The van der Waals surface area contributed by atoms with Crippen LogP contribution in [0.1, 0.15) is 27.2 Å². The number of hydrogen-bond acceptors (Lipinski definition) is 3. The van der Waals surface area contributed by atoms with E-state index in [1.165, 1.54) is 0 Å². The van der Waals surface area contributed by atoms with Gasteiger partial charge < -0.3 is 14.9 Å². The summed E-state index contributed by atoms with van der Waals surface area (Å²) in [6.45, 7) is 5.90. The second kappa shape index (κ2) is 4.70. The zero-order valence-electron chi connectivity index (χ0n) is 7.50. The summed E-state index contributed by atoms with van der Waals surface area (Å²) in [6, 6.07) is 0.